The predicted molar refractivity (Wildman–Crippen MR) is 106 cm³/mol. The summed E-state index contributed by atoms with van der Waals surface area (Å²) in [6, 6.07) is 7.25. The summed E-state index contributed by atoms with van der Waals surface area (Å²) in [6.07, 6.45) is -0.659. The van der Waals surface area contributed by atoms with Crippen molar-refractivity contribution >= 4 is 23.6 Å². The molecule has 1 N–H and O–H groups in total. The lowest BCUT2D eigenvalue weighted by Gasteiger charge is -2.45. The fraction of sp³-hybridized carbons (Fsp3) is 0.550. The van der Waals surface area contributed by atoms with Crippen molar-refractivity contribution in [2.24, 2.45) is 5.92 Å². The summed E-state index contributed by atoms with van der Waals surface area (Å²) in [5.41, 5.74) is 2.25. The van der Waals surface area contributed by atoms with Crippen molar-refractivity contribution in [2.75, 3.05) is 38.7 Å². The number of likely N-dealkylation sites (N-methyl/N-ethyl adjacent to an activating group) is 1. The predicted octanol–water partition coefficient (Wildman–Crippen LogP) is 0.402. The van der Waals surface area contributed by atoms with Crippen LogP contribution in [-0.4, -0.2) is 84.9 Å². The van der Waals surface area contributed by atoms with Crippen molar-refractivity contribution in [3.8, 4) is 0 Å². The van der Waals surface area contributed by atoms with E-state index in [2.05, 4.69) is 51.0 Å². The fourth-order valence-corrected chi connectivity index (χ4v) is 4.49. The van der Waals surface area contributed by atoms with Crippen molar-refractivity contribution in [1.29, 1.82) is 0 Å². The molecule has 4 rings (SSSR count). The first kappa shape index (κ1) is 19.7. The molecular formula is C20H27N5O4. The van der Waals surface area contributed by atoms with Crippen molar-refractivity contribution in [1.82, 2.24) is 20.0 Å². The summed E-state index contributed by atoms with van der Waals surface area (Å²) >= 11 is 0. The number of ether oxygens (including phenoxy) is 1. The molecule has 3 amide bonds. The number of nitrogens with one attached hydrogen (secondary N) is 1. The van der Waals surface area contributed by atoms with Gasteiger partial charge in [0.15, 0.2) is 0 Å². The third kappa shape index (κ3) is 3.24. The minimum absolute atomic E-state index is 0.207. The van der Waals surface area contributed by atoms with Crippen molar-refractivity contribution < 1.29 is 19.1 Å². The molecule has 29 heavy (non-hydrogen) atoms. The molecule has 3 aliphatic rings. The van der Waals surface area contributed by atoms with Gasteiger partial charge in [-0.3, -0.25) is 24.7 Å². The van der Waals surface area contributed by atoms with Crippen LogP contribution in [0.25, 0.3) is 0 Å². The number of rotatable bonds is 3. The Bertz CT molecular complexity index is 829. The van der Waals surface area contributed by atoms with E-state index in [9.17, 15) is 14.4 Å². The second kappa shape index (κ2) is 7.31. The minimum atomic E-state index is -0.616. The van der Waals surface area contributed by atoms with Gasteiger partial charge in [-0.2, -0.15) is 0 Å². The maximum Gasteiger partial charge on any atom is 0.328 e. The number of esters is 1. The summed E-state index contributed by atoms with van der Waals surface area (Å²) in [5, 5.41) is 3.47. The quantitative estimate of drug-likeness (QED) is 0.734. The molecule has 1 aromatic carbocycles. The fourth-order valence-electron chi connectivity index (χ4n) is 4.49. The Kier molecular flexibility index (Phi) is 4.95. The van der Waals surface area contributed by atoms with Crippen LogP contribution in [-0.2, 0) is 14.3 Å². The number of fused-ring (bicyclic) bond motifs is 3. The van der Waals surface area contributed by atoms with Gasteiger partial charge < -0.3 is 14.5 Å². The highest BCUT2D eigenvalue weighted by atomic mass is 16.5. The number of amides is 3. The summed E-state index contributed by atoms with van der Waals surface area (Å²) in [7, 11) is 2.90. The molecule has 3 fully saturated rings. The van der Waals surface area contributed by atoms with Crippen LogP contribution in [0.15, 0.2) is 24.3 Å². The molecule has 3 aliphatic heterocycles. The van der Waals surface area contributed by atoms with Crippen LogP contribution in [0.3, 0.4) is 0 Å². The summed E-state index contributed by atoms with van der Waals surface area (Å²) in [4.78, 5) is 44.6. The van der Waals surface area contributed by atoms with Gasteiger partial charge >= 0.3 is 12.0 Å². The van der Waals surface area contributed by atoms with E-state index in [0.717, 1.165) is 23.7 Å². The highest BCUT2D eigenvalue weighted by Crippen LogP contribution is 2.34. The Morgan fingerprint density at radius 3 is 2.55 bits per heavy atom. The number of carbonyl (C=O) groups excluding carboxylic acids is 3. The molecule has 0 spiro atoms. The number of carbonyl (C=O) groups is 3. The van der Waals surface area contributed by atoms with E-state index < -0.39 is 24.2 Å². The van der Waals surface area contributed by atoms with Gasteiger partial charge in [-0.15, -0.1) is 0 Å². The molecule has 156 valence electrons. The number of hydrogen-bond donors (Lipinski definition) is 1. The Morgan fingerprint density at radius 1 is 1.21 bits per heavy atom. The Morgan fingerprint density at radius 2 is 1.90 bits per heavy atom. The first-order chi connectivity index (χ1) is 13.8. The first-order valence-corrected chi connectivity index (χ1v) is 9.82. The van der Waals surface area contributed by atoms with Crippen molar-refractivity contribution in [3.05, 3.63) is 29.8 Å². The maximum atomic E-state index is 13.2. The normalized spacial score (nSPS) is 29.7. The van der Waals surface area contributed by atoms with Crippen LogP contribution in [0.1, 0.15) is 12.5 Å². The number of aryl methyl sites for hydroxylation is 1. The molecule has 0 saturated carbocycles. The second-order valence-corrected chi connectivity index (χ2v) is 8.11. The number of benzene rings is 1. The second-order valence-electron chi connectivity index (χ2n) is 8.11. The third-order valence-electron chi connectivity index (χ3n) is 5.97. The van der Waals surface area contributed by atoms with Gasteiger partial charge in [0.05, 0.1) is 7.11 Å². The third-order valence-corrected chi connectivity index (χ3v) is 5.97. The van der Waals surface area contributed by atoms with E-state index >= 15 is 0 Å². The van der Waals surface area contributed by atoms with Crippen LogP contribution in [0, 0.1) is 12.8 Å². The number of urea groups is 1. The molecule has 3 heterocycles. The molecule has 0 aromatic heterocycles. The average Bonchev–Trinajstić information content (AvgIpc) is 3.09. The summed E-state index contributed by atoms with van der Waals surface area (Å²) < 4.78 is 4.66. The van der Waals surface area contributed by atoms with Crippen LogP contribution < -0.4 is 10.2 Å². The van der Waals surface area contributed by atoms with Gasteiger partial charge in [-0.05, 0) is 25.0 Å². The van der Waals surface area contributed by atoms with E-state index in [-0.39, 0.29) is 18.7 Å². The first-order valence-electron chi connectivity index (χ1n) is 9.82. The molecular weight excluding hydrogens is 374 g/mol. The monoisotopic (exact) mass is 401 g/mol. The largest absolute Gasteiger partial charge is 0.468 e. The lowest BCUT2D eigenvalue weighted by Crippen LogP contribution is -2.67. The smallest absolute Gasteiger partial charge is 0.328 e. The van der Waals surface area contributed by atoms with Gasteiger partial charge in [0, 0.05) is 25.8 Å². The standard InChI is InChI=1S/C20H27N5O4/c1-12-5-7-14(8-6-12)23-9-13(2)10-24-16-17(21-19(23)24)22(3)20(28)25(18(16)27)11-15(26)29-4/h5-8,13,16-17,19,21H,9-11H2,1-4H3. The van der Waals surface area contributed by atoms with Gasteiger partial charge in [0.1, 0.15) is 25.0 Å². The van der Waals surface area contributed by atoms with Crippen molar-refractivity contribution in [2.45, 2.75) is 32.3 Å². The van der Waals surface area contributed by atoms with E-state index in [0.29, 0.717) is 5.92 Å². The van der Waals surface area contributed by atoms with E-state index in [1.807, 2.05) is 6.92 Å². The number of hydrogen-bond acceptors (Lipinski definition) is 7. The van der Waals surface area contributed by atoms with Crippen LogP contribution in [0.2, 0.25) is 0 Å². The molecule has 9 nitrogen and oxygen atoms in total. The Hall–Kier alpha value is -2.65. The zero-order chi connectivity index (χ0) is 20.9. The van der Waals surface area contributed by atoms with E-state index in [1.54, 1.807) is 7.05 Å². The number of methoxy groups -OCH3 is 1. The Labute approximate surface area is 170 Å². The maximum absolute atomic E-state index is 13.2. The number of anilines is 1. The zero-order valence-electron chi connectivity index (χ0n) is 17.2. The lowest BCUT2D eigenvalue weighted by atomic mass is 10.0. The van der Waals surface area contributed by atoms with Gasteiger partial charge in [-0.25, -0.2) is 4.79 Å². The summed E-state index contributed by atoms with van der Waals surface area (Å²) in [5.74, 6) is -0.649. The Balaban J connectivity index is 1.66. The molecule has 0 radical (unpaired) electrons. The van der Waals surface area contributed by atoms with Gasteiger partial charge in [-0.1, -0.05) is 24.6 Å². The molecule has 3 saturated heterocycles. The van der Waals surface area contributed by atoms with E-state index in [1.165, 1.54) is 17.6 Å². The minimum Gasteiger partial charge on any atom is -0.468 e. The molecule has 0 bridgehead atoms. The summed E-state index contributed by atoms with van der Waals surface area (Å²) in [6.45, 7) is 5.39. The SMILES string of the molecule is COC(=O)CN1C(=O)C2C(NC3N(c4ccc(C)cc4)CC(C)CN23)N(C)C1=O. The van der Waals surface area contributed by atoms with Crippen LogP contribution in [0.4, 0.5) is 10.5 Å². The van der Waals surface area contributed by atoms with Crippen LogP contribution in [0.5, 0.6) is 0 Å². The molecule has 4 atom stereocenters. The number of imide groups is 1. The molecule has 9 heteroatoms. The average molecular weight is 401 g/mol. The van der Waals surface area contributed by atoms with E-state index in [4.69, 9.17) is 0 Å². The highest BCUT2D eigenvalue weighted by Gasteiger charge is 2.57. The van der Waals surface area contributed by atoms with Crippen LogP contribution >= 0.6 is 0 Å². The lowest BCUT2D eigenvalue weighted by molar-refractivity contribution is -0.149. The van der Waals surface area contributed by atoms with Crippen molar-refractivity contribution in [3.63, 3.8) is 0 Å². The van der Waals surface area contributed by atoms with Gasteiger partial charge in [0.2, 0.25) is 0 Å². The highest BCUT2D eigenvalue weighted by molar-refractivity contribution is 6.02. The molecule has 0 aliphatic carbocycles. The zero-order valence-corrected chi connectivity index (χ0v) is 17.2. The number of nitrogens with zero attached hydrogens (tertiary/aromatic N) is 4. The topological polar surface area (TPSA) is 85.4 Å². The molecule has 1 aromatic rings. The molecule has 4 unspecified atom stereocenters. The van der Waals surface area contributed by atoms with Gasteiger partial charge in [0.25, 0.3) is 5.91 Å².